The van der Waals surface area contributed by atoms with E-state index < -0.39 is 0 Å². The Morgan fingerprint density at radius 1 is 1.38 bits per heavy atom. The molecule has 2 N–H and O–H groups in total. The van der Waals surface area contributed by atoms with Crippen LogP contribution in [0.5, 0.6) is 0 Å². The Morgan fingerprint density at radius 3 is 2.50 bits per heavy atom. The molecular weight excluding hydrogens is 198 g/mol. The molecule has 1 saturated carbocycles. The van der Waals surface area contributed by atoms with E-state index in [4.69, 9.17) is 0 Å². The van der Waals surface area contributed by atoms with Gasteiger partial charge in [0, 0.05) is 12.1 Å². The number of aliphatic hydroxyl groups is 1. The molecule has 0 spiro atoms. The third-order valence-electron chi connectivity index (χ3n) is 3.80. The summed E-state index contributed by atoms with van der Waals surface area (Å²) in [5, 5.41) is 13.0. The monoisotopic (exact) mass is 219 g/mol. The summed E-state index contributed by atoms with van der Waals surface area (Å²) in [4.78, 5) is 0. The van der Waals surface area contributed by atoms with Gasteiger partial charge in [-0.25, -0.2) is 0 Å². The van der Waals surface area contributed by atoms with Crippen molar-refractivity contribution in [2.24, 2.45) is 11.8 Å². The molecule has 2 heteroatoms. The fourth-order valence-electron chi connectivity index (χ4n) is 2.41. The van der Waals surface area contributed by atoms with Crippen molar-refractivity contribution in [3.05, 3.63) is 35.9 Å². The third-order valence-corrected chi connectivity index (χ3v) is 3.80. The topological polar surface area (TPSA) is 32.3 Å². The lowest BCUT2D eigenvalue weighted by atomic mass is 9.95. The Kier molecular flexibility index (Phi) is 3.31. The lowest BCUT2D eigenvalue weighted by molar-refractivity contribution is 0.149. The molecule has 88 valence electrons. The Hall–Kier alpha value is -0.860. The highest BCUT2D eigenvalue weighted by Crippen LogP contribution is 2.45. The van der Waals surface area contributed by atoms with Crippen LogP contribution in [0.15, 0.2) is 30.3 Å². The second-order valence-electron chi connectivity index (χ2n) is 5.23. The third kappa shape index (κ3) is 2.45. The first kappa shape index (κ1) is 11.6. The normalized spacial score (nSPS) is 27.4. The smallest absolute Gasteiger partial charge is 0.0613 e. The number of benzene rings is 1. The van der Waals surface area contributed by atoms with Crippen molar-refractivity contribution >= 4 is 0 Å². The van der Waals surface area contributed by atoms with Crippen molar-refractivity contribution in [2.45, 2.75) is 32.4 Å². The van der Waals surface area contributed by atoms with E-state index in [1.807, 2.05) is 18.2 Å². The molecule has 16 heavy (non-hydrogen) atoms. The standard InChI is InChI=1S/C14H21NO/c1-11-8-13(11)14(2,10-16)15-9-12-6-4-3-5-7-12/h3-7,11,13,15-16H,8-10H2,1-2H3. The summed E-state index contributed by atoms with van der Waals surface area (Å²) >= 11 is 0. The summed E-state index contributed by atoms with van der Waals surface area (Å²) in [5.74, 6) is 1.38. The first-order valence-corrected chi connectivity index (χ1v) is 6.05. The summed E-state index contributed by atoms with van der Waals surface area (Å²) < 4.78 is 0. The van der Waals surface area contributed by atoms with Crippen LogP contribution in [0.25, 0.3) is 0 Å². The molecule has 3 atom stereocenters. The average Bonchev–Trinajstić information content (AvgIpc) is 3.05. The van der Waals surface area contributed by atoms with Gasteiger partial charge >= 0.3 is 0 Å². The average molecular weight is 219 g/mol. The molecule has 0 aliphatic heterocycles. The van der Waals surface area contributed by atoms with Crippen LogP contribution in [0.1, 0.15) is 25.8 Å². The van der Waals surface area contributed by atoms with Gasteiger partial charge in [0.1, 0.15) is 0 Å². The van der Waals surface area contributed by atoms with Crippen LogP contribution in [-0.4, -0.2) is 17.3 Å². The predicted molar refractivity (Wildman–Crippen MR) is 66.0 cm³/mol. The molecule has 0 radical (unpaired) electrons. The maximum atomic E-state index is 9.53. The lowest BCUT2D eigenvalue weighted by Gasteiger charge is -2.29. The Morgan fingerprint density at radius 2 is 2.00 bits per heavy atom. The molecule has 1 aliphatic rings. The Bertz CT molecular complexity index is 338. The number of rotatable bonds is 5. The molecule has 1 aliphatic carbocycles. The highest BCUT2D eigenvalue weighted by molar-refractivity contribution is 5.15. The van der Waals surface area contributed by atoms with Crippen LogP contribution in [0.2, 0.25) is 0 Å². The molecule has 0 aromatic heterocycles. The van der Waals surface area contributed by atoms with Crippen LogP contribution in [0.3, 0.4) is 0 Å². The van der Waals surface area contributed by atoms with Crippen molar-refractivity contribution in [1.82, 2.24) is 5.32 Å². The van der Waals surface area contributed by atoms with Crippen molar-refractivity contribution in [3.63, 3.8) is 0 Å². The maximum absolute atomic E-state index is 9.53. The Balaban J connectivity index is 1.93. The largest absolute Gasteiger partial charge is 0.394 e. The van der Waals surface area contributed by atoms with Gasteiger partial charge in [-0.1, -0.05) is 37.3 Å². The molecule has 0 amide bonds. The van der Waals surface area contributed by atoms with E-state index in [0.29, 0.717) is 5.92 Å². The quantitative estimate of drug-likeness (QED) is 0.795. The van der Waals surface area contributed by atoms with Crippen LogP contribution in [0.4, 0.5) is 0 Å². The van der Waals surface area contributed by atoms with Crippen molar-refractivity contribution < 1.29 is 5.11 Å². The van der Waals surface area contributed by atoms with Crippen LogP contribution in [0, 0.1) is 11.8 Å². The Labute approximate surface area is 97.7 Å². The minimum Gasteiger partial charge on any atom is -0.394 e. The molecule has 0 bridgehead atoms. The minimum atomic E-state index is -0.116. The minimum absolute atomic E-state index is 0.116. The van der Waals surface area contributed by atoms with E-state index in [2.05, 4.69) is 31.3 Å². The molecule has 0 heterocycles. The molecule has 2 nitrogen and oxygen atoms in total. The second-order valence-corrected chi connectivity index (χ2v) is 5.23. The summed E-state index contributed by atoms with van der Waals surface area (Å²) in [6.45, 7) is 5.43. The van der Waals surface area contributed by atoms with Crippen LogP contribution >= 0.6 is 0 Å². The van der Waals surface area contributed by atoms with E-state index >= 15 is 0 Å². The van der Waals surface area contributed by atoms with Gasteiger partial charge in [-0.15, -0.1) is 0 Å². The summed E-state index contributed by atoms with van der Waals surface area (Å²) in [5.41, 5.74) is 1.16. The lowest BCUT2D eigenvalue weighted by Crippen LogP contribution is -2.47. The van der Waals surface area contributed by atoms with Crippen molar-refractivity contribution in [1.29, 1.82) is 0 Å². The zero-order valence-electron chi connectivity index (χ0n) is 10.1. The van der Waals surface area contributed by atoms with E-state index in [9.17, 15) is 5.11 Å². The van der Waals surface area contributed by atoms with E-state index in [1.54, 1.807) is 0 Å². The van der Waals surface area contributed by atoms with Crippen LogP contribution < -0.4 is 5.32 Å². The van der Waals surface area contributed by atoms with Gasteiger partial charge in [0.05, 0.1) is 6.61 Å². The summed E-state index contributed by atoms with van der Waals surface area (Å²) in [7, 11) is 0. The predicted octanol–water partition coefficient (Wildman–Crippen LogP) is 2.18. The number of hydrogen-bond acceptors (Lipinski definition) is 2. The van der Waals surface area contributed by atoms with Crippen molar-refractivity contribution in [3.8, 4) is 0 Å². The molecule has 2 rings (SSSR count). The fraction of sp³-hybridized carbons (Fsp3) is 0.571. The molecular formula is C14H21NO. The SMILES string of the molecule is CC1CC1C(C)(CO)NCc1ccccc1. The van der Waals surface area contributed by atoms with E-state index in [1.165, 1.54) is 12.0 Å². The molecule has 1 fully saturated rings. The number of aliphatic hydroxyl groups excluding tert-OH is 1. The van der Waals surface area contributed by atoms with Gasteiger partial charge in [0.2, 0.25) is 0 Å². The molecule has 3 unspecified atom stereocenters. The van der Waals surface area contributed by atoms with E-state index in [-0.39, 0.29) is 12.1 Å². The highest BCUT2D eigenvalue weighted by atomic mass is 16.3. The first-order valence-electron chi connectivity index (χ1n) is 6.05. The molecule has 1 aromatic rings. The van der Waals surface area contributed by atoms with Crippen molar-refractivity contribution in [2.75, 3.05) is 6.61 Å². The molecule has 0 saturated heterocycles. The van der Waals surface area contributed by atoms with Gasteiger partial charge in [0.25, 0.3) is 0 Å². The number of hydrogen-bond donors (Lipinski definition) is 2. The summed E-state index contributed by atoms with van der Waals surface area (Å²) in [6.07, 6.45) is 1.23. The van der Waals surface area contributed by atoms with Gasteiger partial charge < -0.3 is 10.4 Å². The second kappa shape index (κ2) is 4.56. The van der Waals surface area contributed by atoms with Gasteiger partial charge in [0.15, 0.2) is 0 Å². The van der Waals surface area contributed by atoms with E-state index in [0.717, 1.165) is 12.5 Å². The zero-order chi connectivity index (χ0) is 11.6. The summed E-state index contributed by atoms with van der Waals surface area (Å²) in [6, 6.07) is 10.3. The number of nitrogens with one attached hydrogen (secondary N) is 1. The first-order chi connectivity index (χ1) is 7.65. The molecule has 1 aromatic carbocycles. The highest BCUT2D eigenvalue weighted by Gasteiger charge is 2.46. The maximum Gasteiger partial charge on any atom is 0.0613 e. The fourth-order valence-corrected chi connectivity index (χ4v) is 2.41. The zero-order valence-corrected chi connectivity index (χ0v) is 10.1. The van der Waals surface area contributed by atoms with Gasteiger partial charge in [-0.05, 0) is 30.7 Å². The van der Waals surface area contributed by atoms with Gasteiger partial charge in [-0.2, -0.15) is 0 Å². The van der Waals surface area contributed by atoms with Gasteiger partial charge in [-0.3, -0.25) is 0 Å². The van der Waals surface area contributed by atoms with Crippen LogP contribution in [-0.2, 0) is 6.54 Å².